The SMILES string of the molecule is N#Cc1c(NC(=O)c2ccc(-c3nc4ccccc4s3)s2)sc2c1CCCC2. The zero-order chi connectivity index (χ0) is 19.1. The van der Waals surface area contributed by atoms with E-state index in [1.54, 1.807) is 22.7 Å². The number of nitrogens with one attached hydrogen (secondary N) is 1. The third-order valence-electron chi connectivity index (χ3n) is 4.84. The molecule has 1 N–H and O–H groups in total. The third kappa shape index (κ3) is 3.04. The number of fused-ring (bicyclic) bond motifs is 2. The van der Waals surface area contributed by atoms with Gasteiger partial charge in [0.2, 0.25) is 0 Å². The van der Waals surface area contributed by atoms with E-state index in [-0.39, 0.29) is 5.91 Å². The lowest BCUT2D eigenvalue weighted by molar-refractivity contribution is 0.103. The Bertz CT molecular complexity index is 1210. The molecule has 138 valence electrons. The molecule has 4 aromatic rings. The van der Waals surface area contributed by atoms with Crippen molar-refractivity contribution in [2.45, 2.75) is 25.7 Å². The number of carbonyl (C=O) groups excluding carboxylic acids is 1. The van der Waals surface area contributed by atoms with Crippen LogP contribution >= 0.6 is 34.0 Å². The monoisotopic (exact) mass is 421 g/mol. The molecule has 1 aliphatic rings. The summed E-state index contributed by atoms with van der Waals surface area (Å²) in [6.07, 6.45) is 4.21. The van der Waals surface area contributed by atoms with Gasteiger partial charge in [-0.15, -0.1) is 34.0 Å². The van der Waals surface area contributed by atoms with E-state index in [0.29, 0.717) is 15.4 Å². The van der Waals surface area contributed by atoms with E-state index in [1.807, 2.05) is 30.3 Å². The Morgan fingerprint density at radius 2 is 1.93 bits per heavy atom. The van der Waals surface area contributed by atoms with Crippen LogP contribution in [-0.4, -0.2) is 10.9 Å². The molecule has 1 aromatic carbocycles. The smallest absolute Gasteiger partial charge is 0.266 e. The Kier molecular flexibility index (Phi) is 4.47. The fraction of sp³-hybridized carbons (Fsp3) is 0.190. The van der Waals surface area contributed by atoms with Crippen LogP contribution in [0.5, 0.6) is 0 Å². The predicted octanol–water partition coefficient (Wildman–Crippen LogP) is 6.09. The van der Waals surface area contributed by atoms with Crippen molar-refractivity contribution < 1.29 is 4.79 Å². The van der Waals surface area contributed by atoms with Crippen molar-refractivity contribution in [3.8, 4) is 16.0 Å². The molecular weight excluding hydrogens is 406 g/mol. The summed E-state index contributed by atoms with van der Waals surface area (Å²) in [5.41, 5.74) is 2.76. The van der Waals surface area contributed by atoms with Gasteiger partial charge in [0, 0.05) is 4.88 Å². The summed E-state index contributed by atoms with van der Waals surface area (Å²) < 4.78 is 1.14. The number of aromatic nitrogens is 1. The number of para-hydroxylation sites is 1. The first-order chi connectivity index (χ1) is 13.7. The maximum atomic E-state index is 12.8. The van der Waals surface area contributed by atoms with E-state index >= 15 is 0 Å². The standard InChI is InChI=1S/C21H15N3OS3/c22-11-13-12-5-1-3-7-15(12)27-20(13)24-19(25)17-9-10-18(26-17)21-23-14-6-2-4-8-16(14)28-21/h2,4,6,8-10H,1,3,5,7H2,(H,24,25). The average Bonchev–Trinajstić information content (AvgIpc) is 3.43. The maximum absolute atomic E-state index is 12.8. The molecule has 4 nitrogen and oxygen atoms in total. The lowest BCUT2D eigenvalue weighted by Gasteiger charge is -2.09. The van der Waals surface area contributed by atoms with E-state index in [0.717, 1.165) is 51.3 Å². The van der Waals surface area contributed by atoms with Crippen molar-refractivity contribution in [3.05, 3.63) is 57.3 Å². The second-order valence-electron chi connectivity index (χ2n) is 6.63. The summed E-state index contributed by atoms with van der Waals surface area (Å²) in [7, 11) is 0. The number of nitriles is 1. The van der Waals surface area contributed by atoms with Crippen LogP contribution in [0.4, 0.5) is 5.00 Å². The molecule has 0 bridgehead atoms. The van der Waals surface area contributed by atoms with Crippen LogP contribution in [0, 0.1) is 11.3 Å². The highest BCUT2D eigenvalue weighted by Crippen LogP contribution is 2.39. The molecule has 1 aliphatic carbocycles. The Balaban J connectivity index is 1.41. The number of hydrogen-bond donors (Lipinski definition) is 1. The zero-order valence-corrected chi connectivity index (χ0v) is 17.3. The van der Waals surface area contributed by atoms with Gasteiger partial charge in [-0.25, -0.2) is 4.98 Å². The van der Waals surface area contributed by atoms with Crippen LogP contribution in [0.2, 0.25) is 0 Å². The second-order valence-corrected chi connectivity index (χ2v) is 9.85. The molecule has 0 saturated heterocycles. The number of nitrogens with zero attached hydrogens (tertiary/aromatic N) is 2. The quantitative estimate of drug-likeness (QED) is 0.435. The molecule has 7 heteroatoms. The minimum absolute atomic E-state index is 0.160. The fourth-order valence-electron chi connectivity index (χ4n) is 3.49. The van der Waals surface area contributed by atoms with Gasteiger partial charge >= 0.3 is 0 Å². The largest absolute Gasteiger partial charge is 0.312 e. The van der Waals surface area contributed by atoms with Crippen molar-refractivity contribution >= 4 is 55.1 Å². The molecule has 3 aromatic heterocycles. The van der Waals surface area contributed by atoms with Gasteiger partial charge in [-0.1, -0.05) is 12.1 Å². The van der Waals surface area contributed by atoms with Gasteiger partial charge in [0.05, 0.1) is 25.5 Å². The number of amides is 1. The van der Waals surface area contributed by atoms with Crippen molar-refractivity contribution in [1.82, 2.24) is 4.98 Å². The highest BCUT2D eigenvalue weighted by Gasteiger charge is 2.22. The van der Waals surface area contributed by atoms with E-state index in [2.05, 4.69) is 22.4 Å². The summed E-state index contributed by atoms with van der Waals surface area (Å²) in [6, 6.07) is 14.1. The van der Waals surface area contributed by atoms with Crippen molar-refractivity contribution in [3.63, 3.8) is 0 Å². The number of benzene rings is 1. The number of aryl methyl sites for hydroxylation is 1. The van der Waals surface area contributed by atoms with Crippen LogP contribution in [0.15, 0.2) is 36.4 Å². The van der Waals surface area contributed by atoms with E-state index < -0.39 is 0 Å². The average molecular weight is 422 g/mol. The van der Waals surface area contributed by atoms with Crippen molar-refractivity contribution in [1.29, 1.82) is 5.26 Å². The first-order valence-corrected chi connectivity index (χ1v) is 11.5. The Morgan fingerprint density at radius 3 is 2.79 bits per heavy atom. The van der Waals surface area contributed by atoms with Crippen LogP contribution in [-0.2, 0) is 12.8 Å². The number of thiophene rings is 2. The summed E-state index contributed by atoms with van der Waals surface area (Å²) >= 11 is 4.62. The summed E-state index contributed by atoms with van der Waals surface area (Å²) in [5, 5.41) is 14.2. The predicted molar refractivity (Wildman–Crippen MR) is 117 cm³/mol. The molecule has 0 saturated carbocycles. The first kappa shape index (κ1) is 17.6. The van der Waals surface area contributed by atoms with Gasteiger partial charge in [-0.2, -0.15) is 5.26 Å². The number of anilines is 1. The highest BCUT2D eigenvalue weighted by atomic mass is 32.1. The highest BCUT2D eigenvalue weighted by molar-refractivity contribution is 7.26. The van der Waals surface area contributed by atoms with Gasteiger partial charge in [0.1, 0.15) is 16.1 Å². The topological polar surface area (TPSA) is 65.8 Å². The second kappa shape index (κ2) is 7.13. The van der Waals surface area contributed by atoms with Gasteiger partial charge in [-0.05, 0) is 55.5 Å². The molecule has 0 aliphatic heterocycles. The van der Waals surface area contributed by atoms with E-state index in [9.17, 15) is 10.1 Å². The van der Waals surface area contributed by atoms with E-state index in [4.69, 9.17) is 0 Å². The Hall–Kier alpha value is -2.53. The summed E-state index contributed by atoms with van der Waals surface area (Å²) in [6.45, 7) is 0. The van der Waals surface area contributed by atoms with Gasteiger partial charge in [-0.3, -0.25) is 4.79 Å². The zero-order valence-electron chi connectivity index (χ0n) is 14.8. The number of hydrogen-bond acceptors (Lipinski definition) is 6. The molecule has 0 spiro atoms. The maximum Gasteiger partial charge on any atom is 0.266 e. The van der Waals surface area contributed by atoms with Crippen LogP contribution in [0.3, 0.4) is 0 Å². The van der Waals surface area contributed by atoms with Crippen LogP contribution in [0.1, 0.15) is 38.5 Å². The molecular formula is C21H15N3OS3. The first-order valence-electron chi connectivity index (χ1n) is 9.04. The minimum Gasteiger partial charge on any atom is -0.312 e. The fourth-order valence-corrected chi connectivity index (χ4v) is 6.65. The van der Waals surface area contributed by atoms with Crippen LogP contribution in [0.25, 0.3) is 20.1 Å². The molecule has 5 rings (SSSR count). The van der Waals surface area contributed by atoms with E-state index in [1.165, 1.54) is 16.2 Å². The van der Waals surface area contributed by atoms with Gasteiger partial charge < -0.3 is 5.32 Å². The normalized spacial score (nSPS) is 13.2. The number of rotatable bonds is 3. The van der Waals surface area contributed by atoms with Crippen LogP contribution < -0.4 is 5.32 Å². The number of thiazole rings is 1. The Labute approximate surface area is 174 Å². The molecule has 28 heavy (non-hydrogen) atoms. The third-order valence-corrected chi connectivity index (χ3v) is 8.34. The lowest BCUT2D eigenvalue weighted by Crippen LogP contribution is -2.10. The van der Waals surface area contributed by atoms with Gasteiger partial charge in [0.25, 0.3) is 5.91 Å². The minimum atomic E-state index is -0.160. The molecule has 0 atom stereocenters. The summed E-state index contributed by atoms with van der Waals surface area (Å²) in [4.78, 5) is 20.3. The molecule has 0 radical (unpaired) electrons. The molecule has 0 fully saturated rings. The molecule has 1 amide bonds. The Morgan fingerprint density at radius 1 is 1.07 bits per heavy atom. The summed E-state index contributed by atoms with van der Waals surface area (Å²) in [5.74, 6) is -0.160. The number of carbonyl (C=O) groups is 1. The lowest BCUT2D eigenvalue weighted by atomic mass is 9.96. The molecule has 0 unspecified atom stereocenters. The van der Waals surface area contributed by atoms with Crippen molar-refractivity contribution in [2.75, 3.05) is 5.32 Å². The van der Waals surface area contributed by atoms with Crippen molar-refractivity contribution in [2.24, 2.45) is 0 Å². The molecule has 3 heterocycles. The van der Waals surface area contributed by atoms with Gasteiger partial charge in [0.15, 0.2) is 0 Å².